The fourth-order valence-corrected chi connectivity index (χ4v) is 3.36. The van der Waals surface area contributed by atoms with E-state index in [9.17, 15) is 18.0 Å². The van der Waals surface area contributed by atoms with Crippen LogP contribution in [-0.2, 0) is 17.4 Å². The third-order valence-corrected chi connectivity index (χ3v) is 4.44. The molecule has 0 N–H and O–H groups in total. The summed E-state index contributed by atoms with van der Waals surface area (Å²) in [5.41, 5.74) is -0.388. The zero-order chi connectivity index (χ0) is 14.3. The van der Waals surface area contributed by atoms with E-state index in [1.165, 1.54) is 12.1 Å². The first-order valence-corrected chi connectivity index (χ1v) is 6.89. The summed E-state index contributed by atoms with van der Waals surface area (Å²) in [5, 5.41) is 0. The van der Waals surface area contributed by atoms with Crippen LogP contribution in [0.25, 0.3) is 0 Å². The van der Waals surface area contributed by atoms with Gasteiger partial charge in [0.2, 0.25) is 0 Å². The SMILES string of the molecule is O=C1C2CCN(CC2)[C@@H]1Cc1ccccc1C(F)(F)F. The van der Waals surface area contributed by atoms with Gasteiger partial charge in [-0.05, 0) is 44.0 Å². The number of hydrogen-bond donors (Lipinski definition) is 0. The van der Waals surface area contributed by atoms with Crippen molar-refractivity contribution in [1.82, 2.24) is 4.90 Å². The van der Waals surface area contributed by atoms with Crippen molar-refractivity contribution in [2.45, 2.75) is 31.5 Å². The standard InChI is InChI=1S/C15H16F3NO/c16-15(17,18)12-4-2-1-3-11(12)9-13-14(20)10-5-7-19(13)8-6-10/h1-4,10,13H,5-9H2/t13-/m1/s1. The Morgan fingerprint density at radius 2 is 1.80 bits per heavy atom. The van der Waals surface area contributed by atoms with E-state index in [4.69, 9.17) is 0 Å². The number of hydrogen-bond acceptors (Lipinski definition) is 2. The third kappa shape index (κ3) is 2.35. The van der Waals surface area contributed by atoms with Gasteiger partial charge in [0.05, 0.1) is 11.6 Å². The topological polar surface area (TPSA) is 20.3 Å². The fourth-order valence-electron chi connectivity index (χ4n) is 3.36. The maximum Gasteiger partial charge on any atom is 0.416 e. The van der Waals surface area contributed by atoms with E-state index in [2.05, 4.69) is 0 Å². The van der Waals surface area contributed by atoms with Gasteiger partial charge in [-0.3, -0.25) is 9.69 Å². The maximum absolute atomic E-state index is 13.0. The lowest BCUT2D eigenvalue weighted by molar-refractivity contribution is -0.140. The first-order valence-electron chi connectivity index (χ1n) is 6.89. The summed E-state index contributed by atoms with van der Waals surface area (Å²) in [6.45, 7) is 1.66. The van der Waals surface area contributed by atoms with E-state index in [0.717, 1.165) is 32.0 Å². The van der Waals surface area contributed by atoms with Crippen LogP contribution in [0.5, 0.6) is 0 Å². The maximum atomic E-state index is 13.0. The van der Waals surface area contributed by atoms with Gasteiger partial charge in [0.15, 0.2) is 5.78 Å². The summed E-state index contributed by atoms with van der Waals surface area (Å²) >= 11 is 0. The van der Waals surface area contributed by atoms with Gasteiger partial charge >= 0.3 is 6.18 Å². The van der Waals surface area contributed by atoms with Gasteiger partial charge in [-0.2, -0.15) is 13.2 Å². The molecule has 3 aliphatic rings. The molecule has 0 aliphatic carbocycles. The molecule has 0 spiro atoms. The predicted octanol–water partition coefficient (Wildman–Crippen LogP) is 2.91. The van der Waals surface area contributed by atoms with Crippen LogP contribution in [-0.4, -0.2) is 29.8 Å². The molecule has 108 valence electrons. The van der Waals surface area contributed by atoms with Crippen molar-refractivity contribution in [1.29, 1.82) is 0 Å². The molecular formula is C15H16F3NO. The summed E-state index contributed by atoms with van der Waals surface area (Å²) in [5.74, 6) is 0.183. The number of nitrogens with zero attached hydrogens (tertiary/aromatic N) is 1. The van der Waals surface area contributed by atoms with Crippen molar-refractivity contribution >= 4 is 5.78 Å². The first kappa shape index (κ1) is 13.6. The molecule has 0 unspecified atom stereocenters. The highest BCUT2D eigenvalue weighted by Crippen LogP contribution is 2.35. The van der Waals surface area contributed by atoms with E-state index in [1.807, 2.05) is 4.90 Å². The molecule has 0 radical (unpaired) electrons. The van der Waals surface area contributed by atoms with Gasteiger partial charge in [-0.1, -0.05) is 18.2 Å². The number of piperidine rings is 3. The summed E-state index contributed by atoms with van der Waals surface area (Å²) in [4.78, 5) is 14.3. The minimum absolute atomic E-state index is 0.0584. The summed E-state index contributed by atoms with van der Waals surface area (Å²) in [7, 11) is 0. The zero-order valence-electron chi connectivity index (χ0n) is 11.0. The van der Waals surface area contributed by atoms with Crippen molar-refractivity contribution in [3.05, 3.63) is 35.4 Å². The quantitative estimate of drug-likeness (QED) is 0.832. The van der Waals surface area contributed by atoms with E-state index >= 15 is 0 Å². The van der Waals surface area contributed by atoms with Gasteiger partial charge in [-0.25, -0.2) is 0 Å². The lowest BCUT2D eigenvalue weighted by Crippen LogP contribution is -2.56. The molecule has 0 saturated carbocycles. The number of benzene rings is 1. The van der Waals surface area contributed by atoms with Gasteiger partial charge in [0.1, 0.15) is 0 Å². The average molecular weight is 283 g/mol. The number of carbonyl (C=O) groups is 1. The van der Waals surface area contributed by atoms with Crippen LogP contribution in [0, 0.1) is 5.92 Å². The molecule has 4 rings (SSSR count). The zero-order valence-corrected chi connectivity index (χ0v) is 11.0. The van der Waals surface area contributed by atoms with Crippen LogP contribution in [0.15, 0.2) is 24.3 Å². The number of fused-ring (bicyclic) bond motifs is 3. The van der Waals surface area contributed by atoms with Crippen LogP contribution in [0.2, 0.25) is 0 Å². The van der Waals surface area contributed by atoms with Gasteiger partial charge < -0.3 is 0 Å². The van der Waals surface area contributed by atoms with E-state index in [0.29, 0.717) is 0 Å². The van der Waals surface area contributed by atoms with E-state index in [-0.39, 0.29) is 29.7 Å². The number of Topliss-reactive ketones (excluding diaryl/α,β-unsaturated/α-hetero) is 1. The molecule has 1 aromatic carbocycles. The smallest absolute Gasteiger partial charge is 0.298 e. The lowest BCUT2D eigenvalue weighted by Gasteiger charge is -2.44. The normalized spacial score (nSPS) is 29.8. The third-order valence-electron chi connectivity index (χ3n) is 4.44. The molecule has 3 aliphatic heterocycles. The highest BCUT2D eigenvalue weighted by Gasteiger charge is 2.42. The fraction of sp³-hybridized carbons (Fsp3) is 0.533. The number of ketones is 1. The highest BCUT2D eigenvalue weighted by atomic mass is 19.4. The Morgan fingerprint density at radius 1 is 1.15 bits per heavy atom. The van der Waals surface area contributed by atoms with Gasteiger partial charge in [-0.15, -0.1) is 0 Å². The molecule has 20 heavy (non-hydrogen) atoms. The van der Waals surface area contributed by atoms with E-state index in [1.54, 1.807) is 6.07 Å². The van der Waals surface area contributed by atoms with Gasteiger partial charge in [0.25, 0.3) is 0 Å². The number of carbonyl (C=O) groups excluding carboxylic acids is 1. The Morgan fingerprint density at radius 3 is 2.40 bits per heavy atom. The van der Waals surface area contributed by atoms with Gasteiger partial charge in [0, 0.05) is 5.92 Å². The molecule has 1 atom stereocenters. The summed E-state index contributed by atoms with van der Waals surface area (Å²) in [6.07, 6.45) is -2.47. The Labute approximate surface area is 115 Å². The van der Waals surface area contributed by atoms with Crippen LogP contribution in [0.3, 0.4) is 0 Å². The largest absolute Gasteiger partial charge is 0.416 e. The number of rotatable bonds is 2. The Balaban J connectivity index is 1.87. The van der Waals surface area contributed by atoms with Crippen molar-refractivity contribution in [2.24, 2.45) is 5.92 Å². The second-order valence-electron chi connectivity index (χ2n) is 5.59. The van der Waals surface area contributed by atoms with Crippen molar-refractivity contribution in [2.75, 3.05) is 13.1 Å². The molecule has 5 heteroatoms. The lowest BCUT2D eigenvalue weighted by atomic mass is 9.79. The highest BCUT2D eigenvalue weighted by molar-refractivity contribution is 5.88. The molecule has 3 saturated heterocycles. The van der Waals surface area contributed by atoms with Crippen LogP contribution >= 0.6 is 0 Å². The van der Waals surface area contributed by atoms with E-state index < -0.39 is 11.7 Å². The Bertz CT molecular complexity index is 518. The van der Waals surface area contributed by atoms with Crippen molar-refractivity contribution < 1.29 is 18.0 Å². The molecule has 3 heterocycles. The molecular weight excluding hydrogens is 267 g/mol. The molecule has 0 amide bonds. The number of halogens is 3. The second-order valence-corrected chi connectivity index (χ2v) is 5.59. The van der Waals surface area contributed by atoms with Crippen molar-refractivity contribution in [3.8, 4) is 0 Å². The summed E-state index contributed by atoms with van der Waals surface area (Å²) in [6, 6.07) is 5.20. The Hall–Kier alpha value is -1.36. The van der Waals surface area contributed by atoms with Crippen LogP contribution < -0.4 is 0 Å². The Kier molecular flexibility index (Phi) is 3.32. The molecule has 1 aromatic rings. The van der Waals surface area contributed by atoms with Crippen LogP contribution in [0.4, 0.5) is 13.2 Å². The number of alkyl halides is 3. The monoisotopic (exact) mass is 283 g/mol. The van der Waals surface area contributed by atoms with Crippen molar-refractivity contribution in [3.63, 3.8) is 0 Å². The minimum atomic E-state index is -4.36. The minimum Gasteiger partial charge on any atom is -0.298 e. The molecule has 2 bridgehead atoms. The predicted molar refractivity (Wildman–Crippen MR) is 68.2 cm³/mol. The van der Waals surface area contributed by atoms with Crippen LogP contribution in [0.1, 0.15) is 24.0 Å². The second kappa shape index (κ2) is 4.88. The molecule has 2 nitrogen and oxygen atoms in total. The molecule has 0 aromatic heterocycles. The first-order chi connectivity index (χ1) is 9.47. The molecule has 3 fully saturated rings. The average Bonchev–Trinajstić information content (AvgIpc) is 2.43. The summed E-state index contributed by atoms with van der Waals surface area (Å²) < 4.78 is 39.0.